The van der Waals surface area contributed by atoms with Crippen LogP contribution in [0.2, 0.25) is 0 Å². The largest absolute Gasteiger partial charge is 0.508 e. The summed E-state index contributed by atoms with van der Waals surface area (Å²) in [4.78, 5) is 12.1. The Kier molecular flexibility index (Phi) is 4.06. The van der Waals surface area contributed by atoms with E-state index in [-0.39, 0.29) is 17.7 Å². The number of phenols is 1. The highest BCUT2D eigenvalue weighted by Crippen LogP contribution is 2.18. The highest BCUT2D eigenvalue weighted by atomic mass is 32.1. The highest BCUT2D eigenvalue weighted by Gasteiger charge is 2.13. The molecule has 2 aromatic rings. The molecule has 2 rings (SSSR count). The SMILES string of the molecule is CC(Cc1ccsc1)NC(=O)c1cc(O)ccc1N. The maximum absolute atomic E-state index is 12.1. The zero-order valence-electron chi connectivity index (χ0n) is 10.6. The van der Waals surface area contributed by atoms with Crippen LogP contribution in [0.4, 0.5) is 5.69 Å². The van der Waals surface area contributed by atoms with Crippen LogP contribution < -0.4 is 11.1 Å². The van der Waals surface area contributed by atoms with Crippen LogP contribution in [0.15, 0.2) is 35.0 Å². The number of nitrogen functional groups attached to an aromatic ring is 1. The summed E-state index contributed by atoms with van der Waals surface area (Å²) in [6.07, 6.45) is 0.772. The number of rotatable bonds is 4. The van der Waals surface area contributed by atoms with Crippen LogP contribution in [0, 0.1) is 0 Å². The molecule has 0 bridgehead atoms. The van der Waals surface area contributed by atoms with E-state index in [0.29, 0.717) is 11.3 Å². The van der Waals surface area contributed by atoms with E-state index in [4.69, 9.17) is 5.73 Å². The van der Waals surface area contributed by atoms with Gasteiger partial charge in [0.15, 0.2) is 0 Å². The molecule has 0 aliphatic heterocycles. The van der Waals surface area contributed by atoms with E-state index >= 15 is 0 Å². The maximum atomic E-state index is 12.1. The summed E-state index contributed by atoms with van der Waals surface area (Å²) >= 11 is 1.64. The molecule has 1 aromatic heterocycles. The molecule has 0 saturated heterocycles. The van der Waals surface area contributed by atoms with Crippen LogP contribution in [0.3, 0.4) is 0 Å². The van der Waals surface area contributed by atoms with Crippen molar-refractivity contribution in [1.29, 1.82) is 0 Å². The second-order valence-corrected chi connectivity index (χ2v) is 5.26. The minimum absolute atomic E-state index is 0.00356. The third kappa shape index (κ3) is 3.48. The van der Waals surface area contributed by atoms with Gasteiger partial charge in [0.25, 0.3) is 5.91 Å². The fraction of sp³-hybridized carbons (Fsp3) is 0.214. The van der Waals surface area contributed by atoms with E-state index in [1.165, 1.54) is 23.8 Å². The Bertz CT molecular complexity index is 567. The van der Waals surface area contributed by atoms with Crippen LogP contribution in [-0.2, 0) is 6.42 Å². The summed E-state index contributed by atoms with van der Waals surface area (Å²) in [5, 5.41) is 16.3. The molecule has 0 fully saturated rings. The summed E-state index contributed by atoms with van der Waals surface area (Å²) in [5.74, 6) is -0.235. The number of thiophene rings is 1. The van der Waals surface area contributed by atoms with E-state index < -0.39 is 0 Å². The zero-order chi connectivity index (χ0) is 13.8. The van der Waals surface area contributed by atoms with Gasteiger partial charge in [-0.1, -0.05) is 0 Å². The van der Waals surface area contributed by atoms with Crippen molar-refractivity contribution in [3.63, 3.8) is 0 Å². The van der Waals surface area contributed by atoms with Gasteiger partial charge in [-0.3, -0.25) is 4.79 Å². The van der Waals surface area contributed by atoms with Crippen molar-refractivity contribution in [3.05, 3.63) is 46.2 Å². The van der Waals surface area contributed by atoms with Gasteiger partial charge in [-0.2, -0.15) is 11.3 Å². The molecule has 1 heterocycles. The van der Waals surface area contributed by atoms with Crippen molar-refractivity contribution >= 4 is 22.9 Å². The Morgan fingerprint density at radius 2 is 2.26 bits per heavy atom. The molecule has 0 saturated carbocycles. The van der Waals surface area contributed by atoms with Gasteiger partial charge in [0.2, 0.25) is 0 Å². The maximum Gasteiger partial charge on any atom is 0.253 e. The van der Waals surface area contributed by atoms with Gasteiger partial charge in [-0.25, -0.2) is 0 Å². The zero-order valence-corrected chi connectivity index (χ0v) is 11.4. The standard InChI is InChI=1S/C14H16N2O2S/c1-9(6-10-4-5-19-8-10)16-14(18)12-7-11(17)2-3-13(12)15/h2-5,7-9,17H,6,15H2,1H3,(H,16,18). The Labute approximate surface area is 115 Å². The molecular weight excluding hydrogens is 260 g/mol. The van der Waals surface area contributed by atoms with Crippen LogP contribution in [-0.4, -0.2) is 17.1 Å². The van der Waals surface area contributed by atoms with Gasteiger partial charge in [0, 0.05) is 11.7 Å². The molecule has 0 radical (unpaired) electrons. The van der Waals surface area contributed by atoms with Crippen molar-refractivity contribution in [2.24, 2.45) is 0 Å². The molecule has 5 heteroatoms. The Balaban J connectivity index is 2.02. The predicted octanol–water partition coefficient (Wildman–Crippen LogP) is 2.40. The van der Waals surface area contributed by atoms with E-state index in [1.54, 1.807) is 11.3 Å². The molecule has 100 valence electrons. The molecule has 0 aliphatic rings. The minimum atomic E-state index is -0.267. The van der Waals surface area contributed by atoms with Gasteiger partial charge in [-0.05, 0) is 53.9 Å². The first kappa shape index (κ1) is 13.4. The van der Waals surface area contributed by atoms with Gasteiger partial charge in [0.1, 0.15) is 5.75 Å². The summed E-state index contributed by atoms with van der Waals surface area (Å²) in [6.45, 7) is 1.94. The quantitative estimate of drug-likeness (QED) is 0.593. The number of nitrogens with two attached hydrogens (primary N) is 1. The van der Waals surface area contributed by atoms with Crippen LogP contribution in [0.1, 0.15) is 22.8 Å². The van der Waals surface area contributed by atoms with E-state index in [9.17, 15) is 9.90 Å². The van der Waals surface area contributed by atoms with E-state index in [0.717, 1.165) is 6.42 Å². The molecule has 4 N–H and O–H groups in total. The minimum Gasteiger partial charge on any atom is -0.508 e. The van der Waals surface area contributed by atoms with Crippen molar-refractivity contribution in [1.82, 2.24) is 5.32 Å². The second kappa shape index (κ2) is 5.75. The fourth-order valence-electron chi connectivity index (χ4n) is 1.86. The molecule has 4 nitrogen and oxygen atoms in total. The summed E-state index contributed by atoms with van der Waals surface area (Å²) in [6, 6.07) is 6.40. The Morgan fingerprint density at radius 1 is 1.47 bits per heavy atom. The molecule has 0 aliphatic carbocycles. The first-order chi connectivity index (χ1) is 9.06. The molecule has 1 aromatic carbocycles. The lowest BCUT2D eigenvalue weighted by molar-refractivity contribution is 0.0940. The van der Waals surface area contributed by atoms with Crippen molar-refractivity contribution in [2.75, 3.05) is 5.73 Å². The monoisotopic (exact) mass is 276 g/mol. The number of hydrogen-bond acceptors (Lipinski definition) is 4. The summed E-state index contributed by atoms with van der Waals surface area (Å²) in [5.41, 5.74) is 7.59. The lowest BCUT2D eigenvalue weighted by Crippen LogP contribution is -2.34. The molecular formula is C14H16N2O2S. The van der Waals surface area contributed by atoms with Gasteiger partial charge < -0.3 is 16.2 Å². The summed E-state index contributed by atoms with van der Waals surface area (Å²) < 4.78 is 0. The van der Waals surface area contributed by atoms with Crippen molar-refractivity contribution < 1.29 is 9.90 Å². The number of hydrogen-bond donors (Lipinski definition) is 3. The first-order valence-corrected chi connectivity index (χ1v) is 6.91. The van der Waals surface area contributed by atoms with Crippen molar-refractivity contribution in [3.8, 4) is 5.75 Å². The van der Waals surface area contributed by atoms with Crippen LogP contribution >= 0.6 is 11.3 Å². The van der Waals surface area contributed by atoms with Gasteiger partial charge in [-0.15, -0.1) is 0 Å². The number of amides is 1. The smallest absolute Gasteiger partial charge is 0.253 e. The first-order valence-electron chi connectivity index (χ1n) is 5.96. The lowest BCUT2D eigenvalue weighted by Gasteiger charge is -2.14. The number of anilines is 1. The number of carbonyl (C=O) groups excluding carboxylic acids is 1. The molecule has 0 spiro atoms. The molecule has 19 heavy (non-hydrogen) atoms. The number of benzene rings is 1. The van der Waals surface area contributed by atoms with E-state index in [2.05, 4.69) is 10.7 Å². The Hall–Kier alpha value is -2.01. The number of phenolic OH excluding ortho intramolecular Hbond substituents is 1. The third-order valence-corrected chi connectivity index (χ3v) is 3.51. The Morgan fingerprint density at radius 3 is 2.95 bits per heavy atom. The lowest BCUT2D eigenvalue weighted by atomic mass is 10.1. The molecule has 1 unspecified atom stereocenters. The van der Waals surface area contributed by atoms with Gasteiger partial charge >= 0.3 is 0 Å². The summed E-state index contributed by atoms with van der Waals surface area (Å²) in [7, 11) is 0. The van der Waals surface area contributed by atoms with E-state index in [1.807, 2.05) is 18.4 Å². The average molecular weight is 276 g/mol. The number of nitrogens with one attached hydrogen (secondary N) is 1. The normalized spacial score (nSPS) is 12.1. The molecule has 1 amide bonds. The van der Waals surface area contributed by atoms with Crippen LogP contribution in [0.25, 0.3) is 0 Å². The second-order valence-electron chi connectivity index (χ2n) is 4.48. The number of carbonyl (C=O) groups is 1. The van der Waals surface area contributed by atoms with Crippen LogP contribution in [0.5, 0.6) is 5.75 Å². The predicted molar refractivity (Wildman–Crippen MR) is 77.5 cm³/mol. The van der Waals surface area contributed by atoms with Crippen molar-refractivity contribution in [2.45, 2.75) is 19.4 Å². The highest BCUT2D eigenvalue weighted by molar-refractivity contribution is 7.07. The number of aromatic hydroxyl groups is 1. The average Bonchev–Trinajstić information content (AvgIpc) is 2.84. The third-order valence-electron chi connectivity index (χ3n) is 2.78. The molecule has 1 atom stereocenters. The van der Waals surface area contributed by atoms with Gasteiger partial charge in [0.05, 0.1) is 5.56 Å². The topological polar surface area (TPSA) is 75.3 Å². The fourth-order valence-corrected chi connectivity index (χ4v) is 2.54.